The van der Waals surface area contributed by atoms with Crippen LogP contribution in [0.4, 0.5) is 11.5 Å². The maximum Gasteiger partial charge on any atom is 0.330 e. The first-order valence-corrected chi connectivity index (χ1v) is 11.4. The predicted octanol–water partition coefficient (Wildman–Crippen LogP) is 0.889. The third-order valence-corrected chi connectivity index (χ3v) is 5.95. The van der Waals surface area contributed by atoms with E-state index in [1.807, 2.05) is 37.3 Å². The van der Waals surface area contributed by atoms with E-state index in [4.69, 9.17) is 5.73 Å². The number of carbonyl (C=O) groups is 1. The lowest BCUT2D eigenvalue weighted by atomic mass is 10.2. The molecule has 4 N–H and O–H groups in total. The fourth-order valence-corrected chi connectivity index (χ4v) is 3.95. The van der Waals surface area contributed by atoms with Crippen LogP contribution in [0.1, 0.15) is 18.3 Å². The number of para-hydroxylation sites is 1. The highest BCUT2D eigenvalue weighted by molar-refractivity contribution is 5.96. The van der Waals surface area contributed by atoms with Gasteiger partial charge in [0.15, 0.2) is 5.69 Å². The molecule has 2 aromatic carbocycles. The van der Waals surface area contributed by atoms with E-state index >= 15 is 0 Å². The number of rotatable bonds is 8. The van der Waals surface area contributed by atoms with Crippen LogP contribution in [0.15, 0.2) is 69.0 Å². The van der Waals surface area contributed by atoms with Crippen molar-refractivity contribution in [3.8, 4) is 0 Å². The van der Waals surface area contributed by atoms with Crippen molar-refractivity contribution >= 4 is 28.3 Å². The summed E-state index contributed by atoms with van der Waals surface area (Å²) in [6.07, 6.45) is 0. The van der Waals surface area contributed by atoms with Gasteiger partial charge in [0.1, 0.15) is 11.6 Å². The highest BCUT2D eigenvalue weighted by Gasteiger charge is 2.23. The van der Waals surface area contributed by atoms with Crippen LogP contribution in [0.3, 0.4) is 0 Å². The molecule has 11 nitrogen and oxygen atoms in total. The molecule has 2 aromatic heterocycles. The van der Waals surface area contributed by atoms with Crippen LogP contribution in [0.2, 0.25) is 0 Å². The lowest BCUT2D eigenvalue weighted by Gasteiger charge is -2.24. The molecule has 186 valence electrons. The zero-order valence-electron chi connectivity index (χ0n) is 20.0. The van der Waals surface area contributed by atoms with Crippen LogP contribution in [-0.4, -0.2) is 50.5 Å². The summed E-state index contributed by atoms with van der Waals surface area (Å²) in [6, 6.07) is 16.2. The normalized spacial score (nSPS) is 11.2. The highest BCUT2D eigenvalue weighted by Crippen LogP contribution is 2.17. The lowest BCUT2D eigenvalue weighted by Crippen LogP contribution is -2.43. The van der Waals surface area contributed by atoms with Crippen molar-refractivity contribution in [3.63, 3.8) is 0 Å². The zero-order chi connectivity index (χ0) is 25.8. The number of carbonyl (C=O) groups excluding carboxylic acids is 1. The molecular formula is C25H27N7O4. The number of aromatic amines is 2. The van der Waals surface area contributed by atoms with Crippen LogP contribution in [0.25, 0.3) is 10.9 Å². The SMILES string of the molecule is CCN(CC(=O)N(C)c1c(N)n(Cc2ccccc2)c(=O)[nH]c1=O)Cc1nc2ccccc2c(=O)[nH]1. The van der Waals surface area contributed by atoms with Gasteiger partial charge in [-0.15, -0.1) is 0 Å². The minimum absolute atomic E-state index is 0.0692. The third-order valence-electron chi connectivity index (χ3n) is 5.95. The molecule has 0 aliphatic rings. The Morgan fingerprint density at radius 3 is 2.42 bits per heavy atom. The smallest absolute Gasteiger partial charge is 0.330 e. The molecule has 0 aliphatic heterocycles. The monoisotopic (exact) mass is 489 g/mol. The summed E-state index contributed by atoms with van der Waals surface area (Å²) in [7, 11) is 1.44. The molecule has 1 amide bonds. The summed E-state index contributed by atoms with van der Waals surface area (Å²) in [4.78, 5) is 63.0. The Labute approximate surface area is 205 Å². The van der Waals surface area contributed by atoms with Crippen molar-refractivity contribution < 1.29 is 4.79 Å². The molecule has 0 bridgehead atoms. The number of likely N-dealkylation sites (N-methyl/N-ethyl adjacent to an activating group) is 2. The fourth-order valence-electron chi connectivity index (χ4n) is 3.95. The van der Waals surface area contributed by atoms with Gasteiger partial charge >= 0.3 is 5.69 Å². The molecule has 0 saturated carbocycles. The Morgan fingerprint density at radius 2 is 1.69 bits per heavy atom. The Bertz CT molecular complexity index is 1570. The Hall–Kier alpha value is -4.51. The van der Waals surface area contributed by atoms with E-state index in [-0.39, 0.29) is 36.7 Å². The molecule has 11 heteroatoms. The van der Waals surface area contributed by atoms with Gasteiger partial charge in [-0.05, 0) is 24.2 Å². The first-order chi connectivity index (χ1) is 17.3. The van der Waals surface area contributed by atoms with E-state index in [0.29, 0.717) is 23.3 Å². The van der Waals surface area contributed by atoms with Crippen LogP contribution in [0.5, 0.6) is 0 Å². The average molecular weight is 490 g/mol. The van der Waals surface area contributed by atoms with Gasteiger partial charge in [-0.2, -0.15) is 0 Å². The van der Waals surface area contributed by atoms with Gasteiger partial charge < -0.3 is 15.6 Å². The van der Waals surface area contributed by atoms with Crippen molar-refractivity contribution in [1.29, 1.82) is 0 Å². The molecule has 4 rings (SSSR count). The van der Waals surface area contributed by atoms with Crippen molar-refractivity contribution in [2.75, 3.05) is 30.8 Å². The van der Waals surface area contributed by atoms with E-state index in [0.717, 1.165) is 10.5 Å². The van der Waals surface area contributed by atoms with Crippen molar-refractivity contribution in [3.05, 3.63) is 97.2 Å². The van der Waals surface area contributed by atoms with E-state index in [1.165, 1.54) is 11.6 Å². The predicted molar refractivity (Wildman–Crippen MR) is 138 cm³/mol. The second-order valence-electron chi connectivity index (χ2n) is 8.35. The molecule has 0 unspecified atom stereocenters. The maximum absolute atomic E-state index is 13.1. The summed E-state index contributed by atoms with van der Waals surface area (Å²) in [6.45, 7) is 2.64. The third kappa shape index (κ3) is 5.10. The topological polar surface area (TPSA) is 150 Å². The van der Waals surface area contributed by atoms with E-state index in [9.17, 15) is 19.2 Å². The lowest BCUT2D eigenvalue weighted by molar-refractivity contribution is -0.119. The number of nitrogens with one attached hydrogen (secondary N) is 2. The number of amides is 1. The molecule has 0 aliphatic carbocycles. The first kappa shape index (κ1) is 24.6. The Kier molecular flexibility index (Phi) is 7.11. The molecule has 0 saturated heterocycles. The number of anilines is 2. The summed E-state index contributed by atoms with van der Waals surface area (Å²) in [5, 5.41) is 0.487. The summed E-state index contributed by atoms with van der Waals surface area (Å²) in [5.74, 6) is -0.0982. The molecule has 0 spiro atoms. The van der Waals surface area contributed by atoms with Gasteiger partial charge in [0.2, 0.25) is 5.91 Å². The van der Waals surface area contributed by atoms with Gasteiger partial charge in [0, 0.05) is 7.05 Å². The number of nitrogens with two attached hydrogens (primary N) is 1. The highest BCUT2D eigenvalue weighted by atomic mass is 16.2. The number of hydrogen-bond donors (Lipinski definition) is 3. The molecule has 36 heavy (non-hydrogen) atoms. The van der Waals surface area contributed by atoms with Crippen molar-refractivity contribution in [2.45, 2.75) is 20.0 Å². The minimum Gasteiger partial charge on any atom is -0.383 e. The standard InChI is InChI=1S/C25H27N7O4/c1-3-31(14-19-27-18-12-8-7-11-17(18)23(34)28-19)15-20(33)30(2)21-22(26)32(25(36)29-24(21)35)13-16-9-5-4-6-10-16/h4-12H,3,13-15,26H2,1-2H3,(H,27,28,34)(H,29,35,36). The van der Waals surface area contributed by atoms with Crippen LogP contribution in [0, 0.1) is 0 Å². The summed E-state index contributed by atoms with van der Waals surface area (Å²) < 4.78 is 1.22. The number of aromatic nitrogens is 4. The number of H-pyrrole nitrogens is 2. The van der Waals surface area contributed by atoms with E-state index in [2.05, 4.69) is 15.0 Å². The Balaban J connectivity index is 1.56. The quantitative estimate of drug-likeness (QED) is 0.333. The average Bonchev–Trinajstić information content (AvgIpc) is 2.86. The second-order valence-corrected chi connectivity index (χ2v) is 8.35. The summed E-state index contributed by atoms with van der Waals surface area (Å²) in [5.41, 5.74) is 5.82. The van der Waals surface area contributed by atoms with Crippen LogP contribution in [-0.2, 0) is 17.9 Å². The largest absolute Gasteiger partial charge is 0.383 e. The zero-order valence-corrected chi connectivity index (χ0v) is 20.0. The van der Waals surface area contributed by atoms with Crippen molar-refractivity contribution in [2.24, 2.45) is 0 Å². The number of nitrogen functional groups attached to an aromatic ring is 1. The molecule has 0 radical (unpaired) electrons. The van der Waals surface area contributed by atoms with Gasteiger partial charge in [0.05, 0.1) is 30.5 Å². The molecule has 2 heterocycles. The van der Waals surface area contributed by atoms with Gasteiger partial charge in [-0.3, -0.25) is 28.8 Å². The van der Waals surface area contributed by atoms with Crippen LogP contribution < -0.4 is 27.4 Å². The van der Waals surface area contributed by atoms with Gasteiger partial charge in [-0.25, -0.2) is 9.78 Å². The minimum atomic E-state index is -0.749. The summed E-state index contributed by atoms with van der Waals surface area (Å²) >= 11 is 0. The van der Waals surface area contributed by atoms with E-state index in [1.54, 1.807) is 29.2 Å². The van der Waals surface area contributed by atoms with Gasteiger partial charge in [0.25, 0.3) is 11.1 Å². The number of nitrogens with zero attached hydrogens (tertiary/aromatic N) is 4. The first-order valence-electron chi connectivity index (χ1n) is 11.4. The molecule has 0 fully saturated rings. The maximum atomic E-state index is 13.1. The molecule has 4 aromatic rings. The van der Waals surface area contributed by atoms with Crippen molar-refractivity contribution in [1.82, 2.24) is 24.4 Å². The fraction of sp³-hybridized carbons (Fsp3) is 0.240. The number of hydrogen-bond acceptors (Lipinski definition) is 7. The molecule has 0 atom stereocenters. The van der Waals surface area contributed by atoms with E-state index < -0.39 is 17.2 Å². The van der Waals surface area contributed by atoms with Crippen LogP contribution >= 0.6 is 0 Å². The second kappa shape index (κ2) is 10.4. The molecular weight excluding hydrogens is 462 g/mol. The number of benzene rings is 2. The van der Waals surface area contributed by atoms with Gasteiger partial charge in [-0.1, -0.05) is 49.4 Å². The number of fused-ring (bicyclic) bond motifs is 1. The Morgan fingerprint density at radius 1 is 1.00 bits per heavy atom.